The summed E-state index contributed by atoms with van der Waals surface area (Å²) in [6.07, 6.45) is 1.42. The summed E-state index contributed by atoms with van der Waals surface area (Å²) in [5.74, 6) is -0.947. The maximum Gasteiger partial charge on any atom is 0.278 e. The zero-order valence-corrected chi connectivity index (χ0v) is 18.0. The van der Waals surface area contributed by atoms with Gasteiger partial charge < -0.3 is 4.57 Å². The largest absolute Gasteiger partial charge is 0.330 e. The molecular weight excluding hydrogens is 455 g/mol. The molecule has 0 radical (unpaired) electrons. The van der Waals surface area contributed by atoms with Gasteiger partial charge in [-0.25, -0.2) is 13.8 Å². The first-order valence-corrected chi connectivity index (χ1v) is 10.5. The average molecular weight is 470 g/mol. The number of hydrogen-bond donors (Lipinski definition) is 0. The minimum Gasteiger partial charge on any atom is -0.330 e. The molecule has 0 aliphatic carbocycles. The van der Waals surface area contributed by atoms with Crippen LogP contribution < -0.4 is 5.56 Å². The molecule has 0 aliphatic rings. The fourth-order valence-electron chi connectivity index (χ4n) is 3.90. The third kappa shape index (κ3) is 3.45. The monoisotopic (exact) mass is 469 g/mol. The highest BCUT2D eigenvalue weighted by atomic mass is 35.5. The zero-order valence-electron chi connectivity index (χ0n) is 16.5. The highest BCUT2D eigenvalue weighted by Gasteiger charge is 2.19. The fourth-order valence-corrected chi connectivity index (χ4v) is 4.32. The van der Waals surface area contributed by atoms with Gasteiger partial charge in [0.05, 0.1) is 24.9 Å². The van der Waals surface area contributed by atoms with E-state index < -0.39 is 11.6 Å². The molecule has 0 saturated heterocycles. The van der Waals surface area contributed by atoms with E-state index >= 15 is 0 Å². The van der Waals surface area contributed by atoms with Gasteiger partial charge in [-0.15, -0.1) is 0 Å². The van der Waals surface area contributed by atoms with E-state index in [-0.39, 0.29) is 34.8 Å². The van der Waals surface area contributed by atoms with E-state index in [9.17, 15) is 13.6 Å². The zero-order chi connectivity index (χ0) is 22.4. The Kier molecular flexibility index (Phi) is 5.19. The van der Waals surface area contributed by atoms with Crippen LogP contribution in [0.5, 0.6) is 0 Å². The molecular formula is C24H15Cl2F2N3O. The van der Waals surface area contributed by atoms with Crippen LogP contribution in [0.4, 0.5) is 8.78 Å². The highest BCUT2D eigenvalue weighted by Crippen LogP contribution is 2.29. The van der Waals surface area contributed by atoms with E-state index in [0.717, 1.165) is 5.56 Å². The Morgan fingerprint density at radius 1 is 0.906 bits per heavy atom. The molecule has 0 unspecified atom stereocenters. The van der Waals surface area contributed by atoms with E-state index in [1.54, 1.807) is 28.8 Å². The second-order valence-corrected chi connectivity index (χ2v) is 8.23. The first-order chi connectivity index (χ1) is 15.4. The average Bonchev–Trinajstić information content (AvgIpc) is 3.07. The van der Waals surface area contributed by atoms with Crippen LogP contribution in [-0.2, 0) is 13.1 Å². The van der Waals surface area contributed by atoms with Crippen LogP contribution in [0.2, 0.25) is 10.0 Å². The standard InChI is InChI=1S/C24H15Cl2F2N3O/c25-18-5-2-1-4-14(18)11-30-13-29-22-16-10-15(27)8-9-21(16)31(23(22)24(30)32)12-17-19(26)6-3-7-20(17)28/h1-10,13H,11-12H2. The number of hydrogen-bond acceptors (Lipinski definition) is 2. The molecule has 3 aromatic carbocycles. The van der Waals surface area contributed by atoms with Gasteiger partial charge in [0, 0.05) is 21.0 Å². The molecule has 0 fully saturated rings. The van der Waals surface area contributed by atoms with Gasteiger partial charge in [0.15, 0.2) is 0 Å². The van der Waals surface area contributed by atoms with Gasteiger partial charge in [0.25, 0.3) is 5.56 Å². The Hall–Kier alpha value is -3.22. The summed E-state index contributed by atoms with van der Waals surface area (Å²) in [7, 11) is 0. The van der Waals surface area contributed by atoms with E-state index in [0.29, 0.717) is 21.4 Å². The predicted octanol–water partition coefficient (Wildman–Crippen LogP) is 6.03. The highest BCUT2D eigenvalue weighted by molar-refractivity contribution is 6.31. The normalized spacial score (nSPS) is 11.5. The van der Waals surface area contributed by atoms with Gasteiger partial charge in [-0.2, -0.15) is 0 Å². The number of aromatic nitrogens is 3. The Bertz CT molecular complexity index is 1540. The number of nitrogens with zero attached hydrogens (tertiary/aromatic N) is 3. The summed E-state index contributed by atoms with van der Waals surface area (Å²) in [6.45, 7) is 0.196. The summed E-state index contributed by atoms with van der Waals surface area (Å²) in [4.78, 5) is 18.0. The van der Waals surface area contributed by atoms with Gasteiger partial charge in [-0.3, -0.25) is 9.36 Å². The van der Waals surface area contributed by atoms with Crippen LogP contribution in [-0.4, -0.2) is 14.1 Å². The van der Waals surface area contributed by atoms with Crippen LogP contribution in [0.15, 0.2) is 71.8 Å². The molecule has 0 aliphatic heterocycles. The minimum atomic E-state index is -0.491. The van der Waals surface area contributed by atoms with Crippen LogP contribution in [0.1, 0.15) is 11.1 Å². The van der Waals surface area contributed by atoms with E-state index in [1.165, 1.54) is 35.2 Å². The first kappa shape index (κ1) is 20.7. The van der Waals surface area contributed by atoms with E-state index in [1.807, 2.05) is 12.1 Å². The van der Waals surface area contributed by atoms with Crippen molar-refractivity contribution in [2.45, 2.75) is 13.1 Å². The van der Waals surface area contributed by atoms with Crippen molar-refractivity contribution >= 4 is 45.1 Å². The molecule has 0 atom stereocenters. The molecule has 32 heavy (non-hydrogen) atoms. The van der Waals surface area contributed by atoms with Crippen LogP contribution in [0.3, 0.4) is 0 Å². The van der Waals surface area contributed by atoms with Crippen molar-refractivity contribution < 1.29 is 8.78 Å². The number of benzene rings is 3. The molecule has 2 heterocycles. The lowest BCUT2D eigenvalue weighted by molar-refractivity contribution is 0.603. The van der Waals surface area contributed by atoms with Crippen molar-refractivity contribution in [3.05, 3.63) is 110 Å². The van der Waals surface area contributed by atoms with Gasteiger partial charge in [-0.1, -0.05) is 47.5 Å². The quantitative estimate of drug-likeness (QED) is 0.322. The van der Waals surface area contributed by atoms with Crippen molar-refractivity contribution in [2.24, 2.45) is 0 Å². The lowest BCUT2D eigenvalue weighted by Gasteiger charge is -2.11. The summed E-state index contributed by atoms with van der Waals surface area (Å²) in [5, 5.41) is 1.23. The van der Waals surface area contributed by atoms with Gasteiger partial charge in [-0.05, 0) is 42.0 Å². The summed E-state index contributed by atoms with van der Waals surface area (Å²) in [6, 6.07) is 15.8. The molecule has 8 heteroatoms. The third-order valence-corrected chi connectivity index (χ3v) is 6.19. The van der Waals surface area contributed by atoms with Crippen molar-refractivity contribution in [3.63, 3.8) is 0 Å². The molecule has 2 aromatic heterocycles. The minimum absolute atomic E-state index is 0.00976. The van der Waals surface area contributed by atoms with E-state index in [4.69, 9.17) is 23.2 Å². The SMILES string of the molecule is O=c1c2c(ncn1Cc1ccccc1Cl)c1cc(F)ccc1n2Cc1c(F)cccc1Cl. The molecule has 0 amide bonds. The second-order valence-electron chi connectivity index (χ2n) is 7.41. The topological polar surface area (TPSA) is 39.8 Å². The van der Waals surface area contributed by atoms with Gasteiger partial charge >= 0.3 is 0 Å². The van der Waals surface area contributed by atoms with Gasteiger partial charge in [0.1, 0.15) is 22.7 Å². The van der Waals surface area contributed by atoms with Crippen LogP contribution in [0.25, 0.3) is 21.9 Å². The molecule has 0 bridgehead atoms. The molecule has 5 rings (SSSR count). The fraction of sp³-hybridized carbons (Fsp3) is 0.0833. The van der Waals surface area contributed by atoms with E-state index in [2.05, 4.69) is 4.98 Å². The van der Waals surface area contributed by atoms with Gasteiger partial charge in [0.2, 0.25) is 0 Å². The summed E-state index contributed by atoms with van der Waals surface area (Å²) >= 11 is 12.5. The maximum atomic E-state index is 14.5. The smallest absolute Gasteiger partial charge is 0.278 e. The number of rotatable bonds is 4. The summed E-state index contributed by atoms with van der Waals surface area (Å²) in [5.41, 5.74) is 1.77. The Morgan fingerprint density at radius 3 is 2.47 bits per heavy atom. The van der Waals surface area contributed by atoms with Crippen molar-refractivity contribution in [1.29, 1.82) is 0 Å². The Balaban J connectivity index is 1.77. The number of fused-ring (bicyclic) bond motifs is 3. The van der Waals surface area contributed by atoms with Crippen molar-refractivity contribution in [2.75, 3.05) is 0 Å². The van der Waals surface area contributed by atoms with Crippen LogP contribution >= 0.6 is 23.2 Å². The van der Waals surface area contributed by atoms with Crippen molar-refractivity contribution in [3.8, 4) is 0 Å². The molecule has 0 N–H and O–H groups in total. The second kappa shape index (κ2) is 8.04. The lowest BCUT2D eigenvalue weighted by atomic mass is 10.2. The lowest BCUT2D eigenvalue weighted by Crippen LogP contribution is -2.23. The molecule has 160 valence electrons. The number of halogens is 4. The van der Waals surface area contributed by atoms with Crippen molar-refractivity contribution in [1.82, 2.24) is 14.1 Å². The first-order valence-electron chi connectivity index (χ1n) is 9.77. The molecule has 5 aromatic rings. The molecule has 4 nitrogen and oxygen atoms in total. The Morgan fingerprint density at radius 2 is 1.69 bits per heavy atom. The third-order valence-electron chi connectivity index (χ3n) is 5.46. The Labute approximate surface area is 191 Å². The summed E-state index contributed by atoms with van der Waals surface area (Å²) < 4.78 is 31.6. The maximum absolute atomic E-state index is 14.5. The van der Waals surface area contributed by atoms with Crippen LogP contribution in [0, 0.1) is 11.6 Å². The molecule has 0 spiro atoms. The predicted molar refractivity (Wildman–Crippen MR) is 123 cm³/mol. The molecule has 0 saturated carbocycles.